The van der Waals surface area contributed by atoms with Gasteiger partial charge in [-0.3, -0.25) is 19.5 Å². The van der Waals surface area contributed by atoms with Crippen LogP contribution < -0.4 is 5.32 Å². The van der Waals surface area contributed by atoms with E-state index in [1.807, 2.05) is 48.6 Å². The number of morpholine rings is 1. The minimum Gasteiger partial charge on any atom is -0.508 e. The molecule has 4 aliphatic rings. The Morgan fingerprint density at radius 1 is 1.10 bits per heavy atom. The van der Waals surface area contributed by atoms with E-state index in [-0.39, 0.29) is 36.0 Å². The highest BCUT2D eigenvalue weighted by molar-refractivity contribution is 6.30. The first-order chi connectivity index (χ1) is 24.7. The number of ether oxygens (including phenoxy) is 1. The van der Waals surface area contributed by atoms with Crippen LogP contribution in [-0.4, -0.2) is 76.0 Å². The first-order valence-corrected chi connectivity index (χ1v) is 18.4. The third-order valence-electron chi connectivity index (χ3n) is 10.1. The van der Waals surface area contributed by atoms with Gasteiger partial charge in [-0.1, -0.05) is 55.0 Å². The zero-order chi connectivity index (χ0) is 35.9. The molecule has 6 rings (SSSR count). The maximum Gasteiger partial charge on any atom is 0.336 e. The molecule has 2 aliphatic heterocycles. The summed E-state index contributed by atoms with van der Waals surface area (Å²) >= 11 is 6.04. The first kappa shape index (κ1) is 36.7. The number of phenolic OH excluding ortho intramolecular Hbond substituents is 1. The quantitative estimate of drug-likeness (QED) is 0.262. The van der Waals surface area contributed by atoms with Gasteiger partial charge in [-0.05, 0) is 91.6 Å². The Bertz CT molecular complexity index is 1740. The molecule has 3 amide bonds. The Labute approximate surface area is 304 Å². The molecule has 3 fully saturated rings. The summed E-state index contributed by atoms with van der Waals surface area (Å²) in [4.78, 5) is 38.1. The van der Waals surface area contributed by atoms with Crippen LogP contribution in [0.15, 0.2) is 89.5 Å². The van der Waals surface area contributed by atoms with Crippen LogP contribution in [0.2, 0.25) is 5.02 Å². The van der Waals surface area contributed by atoms with Crippen LogP contribution in [0, 0.1) is 5.92 Å². The Hall–Kier alpha value is -4.09. The van der Waals surface area contributed by atoms with Crippen LogP contribution in [0.5, 0.6) is 5.75 Å². The molecule has 0 aromatic heterocycles. The summed E-state index contributed by atoms with van der Waals surface area (Å²) < 4.78 is 19.9. The van der Waals surface area contributed by atoms with E-state index in [2.05, 4.69) is 21.3 Å². The fourth-order valence-electron chi connectivity index (χ4n) is 7.19. The van der Waals surface area contributed by atoms with Gasteiger partial charge in [0, 0.05) is 55.4 Å². The lowest BCUT2D eigenvalue weighted by atomic mass is 9.88. The number of halogens is 2. The molecule has 9 nitrogen and oxygen atoms in total. The second-order valence-corrected chi connectivity index (χ2v) is 14.0. The summed E-state index contributed by atoms with van der Waals surface area (Å²) in [5.74, 6) is -1.07. The predicted molar refractivity (Wildman–Crippen MR) is 199 cm³/mol. The van der Waals surface area contributed by atoms with Gasteiger partial charge < -0.3 is 15.2 Å². The second kappa shape index (κ2) is 17.0. The lowest BCUT2D eigenvalue weighted by molar-refractivity contribution is -0.134. The number of allylic oxidation sites excluding steroid dienone is 6. The molecule has 2 N–H and O–H groups in total. The minimum atomic E-state index is -0.752. The Balaban J connectivity index is 1.22. The third kappa shape index (κ3) is 8.87. The molecule has 51 heavy (non-hydrogen) atoms. The Morgan fingerprint density at radius 2 is 1.84 bits per heavy atom. The summed E-state index contributed by atoms with van der Waals surface area (Å²) in [5, 5.41) is 14.7. The molecular formula is C40H47ClFN5O4. The minimum absolute atomic E-state index is 0.158. The average molecular weight is 716 g/mol. The number of nitrogens with zero attached hydrogens (tertiary/aromatic N) is 4. The maximum absolute atomic E-state index is 14.5. The van der Waals surface area contributed by atoms with Gasteiger partial charge in [-0.15, -0.1) is 0 Å². The van der Waals surface area contributed by atoms with Crippen molar-refractivity contribution in [2.75, 3.05) is 26.3 Å². The number of amidine groups is 1. The Kier molecular flexibility index (Phi) is 12.2. The van der Waals surface area contributed by atoms with E-state index in [0.29, 0.717) is 49.7 Å². The third-order valence-corrected chi connectivity index (χ3v) is 10.4. The summed E-state index contributed by atoms with van der Waals surface area (Å²) in [6.45, 7) is 7.81. The fourth-order valence-corrected chi connectivity index (χ4v) is 7.32. The van der Waals surface area contributed by atoms with Crippen molar-refractivity contribution < 1.29 is 23.8 Å². The van der Waals surface area contributed by atoms with Crippen LogP contribution in [0.25, 0.3) is 5.57 Å². The number of carbonyl (C=O) groups excluding carboxylic acids is 2. The number of hydrogen-bond acceptors (Lipinski definition) is 7. The summed E-state index contributed by atoms with van der Waals surface area (Å²) in [5.41, 5.74) is 4.73. The van der Waals surface area contributed by atoms with Gasteiger partial charge >= 0.3 is 6.03 Å². The molecule has 2 aromatic rings. The van der Waals surface area contributed by atoms with Crippen molar-refractivity contribution >= 4 is 34.9 Å². The maximum atomic E-state index is 14.5. The molecule has 2 aliphatic carbocycles. The van der Waals surface area contributed by atoms with Crippen molar-refractivity contribution in [1.29, 1.82) is 0 Å². The molecule has 1 saturated carbocycles. The Morgan fingerprint density at radius 3 is 2.57 bits per heavy atom. The van der Waals surface area contributed by atoms with Gasteiger partial charge in [0.2, 0.25) is 5.91 Å². The molecule has 0 bridgehead atoms. The molecule has 1 unspecified atom stereocenters. The average Bonchev–Trinajstić information content (AvgIpc) is 3.39. The number of aliphatic imine (C=N–C) groups is 1. The van der Waals surface area contributed by atoms with Gasteiger partial charge in [0.1, 0.15) is 17.4 Å². The van der Waals surface area contributed by atoms with E-state index in [4.69, 9.17) is 16.3 Å². The molecular weight excluding hydrogens is 669 g/mol. The molecule has 2 aromatic carbocycles. The number of carbonyl (C=O) groups is 2. The lowest BCUT2D eigenvalue weighted by Gasteiger charge is -2.44. The number of benzene rings is 2. The van der Waals surface area contributed by atoms with E-state index >= 15 is 0 Å². The second-order valence-electron chi connectivity index (χ2n) is 13.6. The zero-order valence-corrected chi connectivity index (χ0v) is 30.1. The van der Waals surface area contributed by atoms with Crippen LogP contribution in [0.3, 0.4) is 0 Å². The van der Waals surface area contributed by atoms with Crippen molar-refractivity contribution in [1.82, 2.24) is 20.0 Å². The molecule has 0 spiro atoms. The van der Waals surface area contributed by atoms with E-state index < -0.39 is 17.8 Å². The summed E-state index contributed by atoms with van der Waals surface area (Å²) in [6.07, 6.45) is 12.5. The predicted octanol–water partition coefficient (Wildman–Crippen LogP) is 7.73. The molecule has 11 heteroatoms. The highest BCUT2D eigenvalue weighted by atomic mass is 35.5. The molecule has 2 saturated heterocycles. The van der Waals surface area contributed by atoms with Crippen LogP contribution in [-0.2, 0) is 22.6 Å². The number of nitrogens with one attached hydrogen (secondary N) is 1. The van der Waals surface area contributed by atoms with E-state index in [1.54, 1.807) is 26.0 Å². The van der Waals surface area contributed by atoms with Gasteiger partial charge in [0.15, 0.2) is 0 Å². The van der Waals surface area contributed by atoms with Gasteiger partial charge in [0.05, 0.1) is 25.3 Å². The molecule has 270 valence electrons. The number of amides is 3. The highest BCUT2D eigenvalue weighted by Crippen LogP contribution is 2.34. The molecule has 2 heterocycles. The fraction of sp³-hybridized carbons (Fsp3) is 0.425. The smallest absolute Gasteiger partial charge is 0.336 e. The highest BCUT2D eigenvalue weighted by Gasteiger charge is 2.46. The monoisotopic (exact) mass is 715 g/mol. The van der Waals surface area contributed by atoms with Crippen LogP contribution in [0.1, 0.15) is 69.1 Å². The van der Waals surface area contributed by atoms with Crippen LogP contribution in [0.4, 0.5) is 9.18 Å². The summed E-state index contributed by atoms with van der Waals surface area (Å²) in [6, 6.07) is 12.8. The normalized spacial score (nSPS) is 24.5. The standard InChI is InChI=1S/C40H47ClFN5O4/c1-3-32(42)25-44-38-27(2)39(49)47(35-15-12-33(13-16-35)43-24-28-7-10-31(41)11-8-28)40(50)46(38)34-6-4-5-29(9-14-34)37-18-17-36(48)23-30(37)26-45-19-21-51-22-20-45/h4-11,17-18,23,25,27,33,35,43,48H,3,12-16,19-22,24,26H2,1-2H3/b32-25+,44-38?. The van der Waals surface area contributed by atoms with Gasteiger partial charge in [-0.2, -0.15) is 0 Å². The van der Waals surface area contributed by atoms with Crippen molar-refractivity contribution in [3.8, 4) is 5.75 Å². The van der Waals surface area contributed by atoms with E-state index in [1.165, 1.54) is 9.80 Å². The number of rotatable bonds is 10. The number of imide groups is 1. The van der Waals surface area contributed by atoms with E-state index in [9.17, 15) is 19.1 Å². The molecule has 0 radical (unpaired) electrons. The van der Waals surface area contributed by atoms with E-state index in [0.717, 1.165) is 60.9 Å². The summed E-state index contributed by atoms with van der Waals surface area (Å²) in [7, 11) is 0. The number of hydrogen-bond donors (Lipinski definition) is 2. The number of phenols is 1. The zero-order valence-electron chi connectivity index (χ0n) is 29.4. The lowest BCUT2D eigenvalue weighted by Crippen LogP contribution is -2.62. The van der Waals surface area contributed by atoms with Crippen molar-refractivity contribution in [3.05, 3.63) is 106 Å². The number of aromatic hydroxyl groups is 1. The largest absolute Gasteiger partial charge is 0.508 e. The van der Waals surface area contributed by atoms with Crippen molar-refractivity contribution in [2.45, 2.75) is 77.5 Å². The van der Waals surface area contributed by atoms with Gasteiger partial charge in [0.25, 0.3) is 0 Å². The number of urea groups is 1. The van der Waals surface area contributed by atoms with Crippen LogP contribution >= 0.6 is 11.6 Å². The first-order valence-electron chi connectivity index (χ1n) is 18.0. The molecule has 1 atom stereocenters. The van der Waals surface area contributed by atoms with Crippen molar-refractivity contribution in [3.63, 3.8) is 0 Å². The SMILES string of the molecule is CC/C(F)=C\N=C1C(C)C(=O)N(C2CCC(NCc3ccc(Cl)cc3)CC2)C(=O)N1C1=CC=CC(c2ccc(O)cc2CN2CCOCC2)=CC1. The van der Waals surface area contributed by atoms with Crippen molar-refractivity contribution in [2.24, 2.45) is 10.9 Å². The van der Waals surface area contributed by atoms with Gasteiger partial charge in [-0.25, -0.2) is 14.2 Å². The topological polar surface area (TPSA) is 97.7 Å².